The van der Waals surface area contributed by atoms with Gasteiger partial charge in [0, 0.05) is 35.7 Å². The third-order valence-corrected chi connectivity index (χ3v) is 3.89. The lowest BCUT2D eigenvalue weighted by Gasteiger charge is -2.35. The number of rotatable bonds is 3. The van der Waals surface area contributed by atoms with E-state index in [9.17, 15) is 0 Å². The predicted octanol–water partition coefficient (Wildman–Crippen LogP) is 1.36. The molecule has 0 aliphatic carbocycles. The molecule has 1 fully saturated rings. The van der Waals surface area contributed by atoms with Gasteiger partial charge in [0.05, 0.1) is 13.2 Å². The number of nitrogens with zero attached hydrogens (tertiary/aromatic N) is 1. The van der Waals surface area contributed by atoms with Crippen LogP contribution in [-0.4, -0.2) is 44.7 Å². The minimum absolute atomic E-state index is 0.0693. The molecule has 1 aliphatic rings. The molecule has 0 radical (unpaired) electrons. The van der Waals surface area contributed by atoms with Crippen molar-refractivity contribution < 1.29 is 4.74 Å². The minimum Gasteiger partial charge on any atom is -0.496 e. The average molecular weight is 314 g/mol. The Balaban J connectivity index is 2.21. The molecule has 5 heteroatoms. The lowest BCUT2D eigenvalue weighted by Crippen LogP contribution is -2.53. The molecule has 0 amide bonds. The Hall–Kier alpha value is -0.620. The van der Waals surface area contributed by atoms with Crippen molar-refractivity contribution in [3.05, 3.63) is 28.2 Å². The zero-order valence-corrected chi connectivity index (χ0v) is 12.4. The molecule has 1 aliphatic heterocycles. The number of hydrogen-bond donors (Lipinski definition) is 2. The molecule has 100 valence electrons. The highest BCUT2D eigenvalue weighted by molar-refractivity contribution is 9.10. The van der Waals surface area contributed by atoms with Crippen molar-refractivity contribution in [1.82, 2.24) is 10.2 Å². The summed E-state index contributed by atoms with van der Waals surface area (Å²) in [7, 11) is 3.80. The third-order valence-electron chi connectivity index (χ3n) is 3.39. The highest BCUT2D eigenvalue weighted by Gasteiger charge is 2.26. The van der Waals surface area contributed by atoms with Gasteiger partial charge < -0.3 is 20.7 Å². The quantitative estimate of drug-likeness (QED) is 0.885. The molecule has 4 nitrogen and oxygen atoms in total. The van der Waals surface area contributed by atoms with Crippen LogP contribution in [0.15, 0.2) is 22.7 Å². The first kappa shape index (κ1) is 13.8. The number of nitrogens with one attached hydrogen (secondary N) is 1. The van der Waals surface area contributed by atoms with Crippen LogP contribution in [0.4, 0.5) is 0 Å². The zero-order valence-electron chi connectivity index (χ0n) is 10.8. The number of benzene rings is 1. The molecule has 0 saturated carbocycles. The standard InChI is InChI=1S/C13H20BrN3O/c1-17-6-5-16-11(8-17)13(15)10-7-9(14)3-4-12(10)18-2/h3-4,7,11,13,16H,5-6,8,15H2,1-2H3. The molecule has 1 aromatic rings. The first-order valence-electron chi connectivity index (χ1n) is 6.12. The maximum absolute atomic E-state index is 6.39. The van der Waals surface area contributed by atoms with Crippen molar-refractivity contribution >= 4 is 15.9 Å². The molecule has 2 rings (SSSR count). The first-order chi connectivity index (χ1) is 8.61. The van der Waals surface area contributed by atoms with Gasteiger partial charge in [0.25, 0.3) is 0 Å². The van der Waals surface area contributed by atoms with Gasteiger partial charge in [0.15, 0.2) is 0 Å². The van der Waals surface area contributed by atoms with E-state index in [4.69, 9.17) is 10.5 Å². The monoisotopic (exact) mass is 313 g/mol. The Morgan fingerprint density at radius 3 is 3.00 bits per heavy atom. The third kappa shape index (κ3) is 3.03. The summed E-state index contributed by atoms with van der Waals surface area (Å²) in [4.78, 5) is 2.30. The van der Waals surface area contributed by atoms with Gasteiger partial charge in [-0.25, -0.2) is 0 Å². The minimum atomic E-state index is -0.0693. The maximum atomic E-state index is 6.39. The largest absolute Gasteiger partial charge is 0.496 e. The smallest absolute Gasteiger partial charge is 0.123 e. The second-order valence-electron chi connectivity index (χ2n) is 4.73. The van der Waals surface area contributed by atoms with Crippen LogP contribution in [0.3, 0.4) is 0 Å². The van der Waals surface area contributed by atoms with Gasteiger partial charge in [-0.15, -0.1) is 0 Å². The molecule has 0 spiro atoms. The highest BCUT2D eigenvalue weighted by atomic mass is 79.9. The maximum Gasteiger partial charge on any atom is 0.123 e. The van der Waals surface area contributed by atoms with Gasteiger partial charge >= 0.3 is 0 Å². The second kappa shape index (κ2) is 6.02. The van der Waals surface area contributed by atoms with Crippen LogP contribution in [-0.2, 0) is 0 Å². The van der Waals surface area contributed by atoms with Crippen LogP contribution in [0.25, 0.3) is 0 Å². The van der Waals surface area contributed by atoms with E-state index in [1.165, 1.54) is 0 Å². The van der Waals surface area contributed by atoms with Crippen LogP contribution in [0, 0.1) is 0 Å². The van der Waals surface area contributed by atoms with Gasteiger partial charge in [-0.2, -0.15) is 0 Å². The van der Waals surface area contributed by atoms with E-state index < -0.39 is 0 Å². The van der Waals surface area contributed by atoms with Gasteiger partial charge in [-0.1, -0.05) is 15.9 Å². The van der Waals surface area contributed by atoms with Crippen LogP contribution < -0.4 is 15.8 Å². The zero-order chi connectivity index (χ0) is 13.1. The van der Waals surface area contributed by atoms with Crippen LogP contribution in [0.5, 0.6) is 5.75 Å². The highest BCUT2D eigenvalue weighted by Crippen LogP contribution is 2.29. The molecule has 18 heavy (non-hydrogen) atoms. The lowest BCUT2D eigenvalue weighted by molar-refractivity contribution is 0.218. The Morgan fingerprint density at radius 2 is 2.33 bits per heavy atom. The van der Waals surface area contributed by atoms with Crippen molar-refractivity contribution in [2.45, 2.75) is 12.1 Å². The van der Waals surface area contributed by atoms with E-state index in [1.54, 1.807) is 7.11 Å². The topological polar surface area (TPSA) is 50.5 Å². The molecule has 1 saturated heterocycles. The summed E-state index contributed by atoms with van der Waals surface area (Å²) < 4.78 is 6.42. The van der Waals surface area contributed by atoms with Gasteiger partial charge in [0.1, 0.15) is 5.75 Å². The SMILES string of the molecule is COc1ccc(Br)cc1C(N)C1CN(C)CCN1. The summed E-state index contributed by atoms with van der Waals surface area (Å²) >= 11 is 3.49. The van der Waals surface area contributed by atoms with Gasteiger partial charge in [-0.3, -0.25) is 0 Å². The van der Waals surface area contributed by atoms with Gasteiger partial charge in [0.2, 0.25) is 0 Å². The fourth-order valence-electron chi connectivity index (χ4n) is 2.36. The first-order valence-corrected chi connectivity index (χ1v) is 6.92. The summed E-state index contributed by atoms with van der Waals surface area (Å²) in [5.41, 5.74) is 7.43. The van der Waals surface area contributed by atoms with Crippen LogP contribution in [0.1, 0.15) is 11.6 Å². The lowest BCUT2D eigenvalue weighted by atomic mass is 9.97. The molecule has 2 atom stereocenters. The number of ether oxygens (including phenoxy) is 1. The van der Waals surface area contributed by atoms with Crippen molar-refractivity contribution in [3.63, 3.8) is 0 Å². The predicted molar refractivity (Wildman–Crippen MR) is 76.9 cm³/mol. The molecular weight excluding hydrogens is 294 g/mol. The molecular formula is C13H20BrN3O. The summed E-state index contributed by atoms with van der Waals surface area (Å²) in [5, 5.41) is 3.48. The molecule has 0 bridgehead atoms. The van der Waals surface area contributed by atoms with E-state index in [1.807, 2.05) is 18.2 Å². The van der Waals surface area contributed by atoms with Crippen LogP contribution >= 0.6 is 15.9 Å². The number of methoxy groups -OCH3 is 1. The van der Waals surface area contributed by atoms with E-state index in [0.29, 0.717) is 0 Å². The van der Waals surface area contributed by atoms with E-state index in [0.717, 1.165) is 35.4 Å². The molecule has 0 aromatic heterocycles. The summed E-state index contributed by atoms with van der Waals surface area (Å²) in [5.74, 6) is 0.848. The second-order valence-corrected chi connectivity index (χ2v) is 5.65. The van der Waals surface area contributed by atoms with Crippen molar-refractivity contribution in [2.24, 2.45) is 5.73 Å². The number of hydrogen-bond acceptors (Lipinski definition) is 4. The number of piperazine rings is 1. The summed E-state index contributed by atoms with van der Waals surface area (Å²) in [6, 6.07) is 6.15. The molecule has 1 heterocycles. The van der Waals surface area contributed by atoms with E-state index in [2.05, 4.69) is 33.2 Å². The number of halogens is 1. The van der Waals surface area contributed by atoms with Gasteiger partial charge in [-0.05, 0) is 25.2 Å². The normalized spacial score (nSPS) is 22.8. The van der Waals surface area contributed by atoms with E-state index in [-0.39, 0.29) is 12.1 Å². The Labute approximate surface area is 117 Å². The average Bonchev–Trinajstić information content (AvgIpc) is 2.38. The summed E-state index contributed by atoms with van der Waals surface area (Å²) in [6.07, 6.45) is 0. The Kier molecular flexibility index (Phi) is 4.61. The summed E-state index contributed by atoms with van der Waals surface area (Å²) in [6.45, 7) is 3.00. The molecule has 1 aromatic carbocycles. The molecule has 3 N–H and O–H groups in total. The van der Waals surface area contributed by atoms with E-state index >= 15 is 0 Å². The molecule has 2 unspecified atom stereocenters. The fourth-order valence-corrected chi connectivity index (χ4v) is 2.73. The Bertz CT molecular complexity index is 413. The number of likely N-dealkylation sites (N-methyl/N-ethyl adjacent to an activating group) is 1. The van der Waals surface area contributed by atoms with Crippen molar-refractivity contribution in [1.29, 1.82) is 0 Å². The van der Waals surface area contributed by atoms with Crippen molar-refractivity contribution in [2.75, 3.05) is 33.8 Å². The fraction of sp³-hybridized carbons (Fsp3) is 0.538. The number of nitrogens with two attached hydrogens (primary N) is 1. The Morgan fingerprint density at radius 1 is 1.56 bits per heavy atom. The van der Waals surface area contributed by atoms with Crippen LogP contribution in [0.2, 0.25) is 0 Å². The van der Waals surface area contributed by atoms with Crippen molar-refractivity contribution in [3.8, 4) is 5.75 Å².